The first kappa shape index (κ1) is 14.9. The monoisotopic (exact) mass is 314 g/mol. The summed E-state index contributed by atoms with van der Waals surface area (Å²) >= 11 is 0. The zero-order valence-electron chi connectivity index (χ0n) is 12.6. The fraction of sp³-hybridized carbons (Fsp3) is 0.118. The second-order valence-electron chi connectivity index (χ2n) is 4.85. The third-order valence-electron chi connectivity index (χ3n) is 3.44. The Hall–Kier alpha value is -3.02. The van der Waals surface area contributed by atoms with E-state index >= 15 is 0 Å². The molecule has 0 bridgehead atoms. The van der Waals surface area contributed by atoms with Crippen molar-refractivity contribution in [2.24, 2.45) is 0 Å². The van der Waals surface area contributed by atoms with E-state index in [2.05, 4.69) is 10.3 Å². The molecule has 0 aliphatic heterocycles. The number of aromatic hydroxyl groups is 1. The molecule has 1 aromatic heterocycles. The van der Waals surface area contributed by atoms with Gasteiger partial charge in [-0.1, -0.05) is 0 Å². The van der Waals surface area contributed by atoms with Gasteiger partial charge in [0.25, 0.3) is 0 Å². The highest BCUT2D eigenvalue weighted by atomic mass is 19.1. The number of nitrogens with zero attached hydrogens (tertiary/aromatic N) is 1. The first-order valence-corrected chi connectivity index (χ1v) is 6.93. The highest BCUT2D eigenvalue weighted by molar-refractivity contribution is 5.88. The van der Waals surface area contributed by atoms with Crippen molar-refractivity contribution >= 4 is 16.6 Å². The van der Waals surface area contributed by atoms with E-state index in [0.717, 1.165) is 0 Å². The lowest BCUT2D eigenvalue weighted by molar-refractivity contribution is 0.374. The summed E-state index contributed by atoms with van der Waals surface area (Å²) in [7, 11) is 3.17. The van der Waals surface area contributed by atoms with Crippen molar-refractivity contribution in [3.05, 3.63) is 48.4 Å². The van der Waals surface area contributed by atoms with E-state index in [1.165, 1.54) is 25.4 Å². The van der Waals surface area contributed by atoms with Crippen molar-refractivity contribution in [2.75, 3.05) is 19.5 Å². The van der Waals surface area contributed by atoms with Gasteiger partial charge < -0.3 is 19.9 Å². The largest absolute Gasteiger partial charge is 0.504 e. The van der Waals surface area contributed by atoms with Crippen LogP contribution in [0, 0.1) is 5.82 Å². The quantitative estimate of drug-likeness (QED) is 0.764. The molecule has 0 aliphatic carbocycles. The van der Waals surface area contributed by atoms with Gasteiger partial charge in [0.2, 0.25) is 0 Å². The maximum absolute atomic E-state index is 14.1. The number of hydrogen-bond acceptors (Lipinski definition) is 5. The lowest BCUT2D eigenvalue weighted by Gasteiger charge is -2.12. The minimum absolute atomic E-state index is 0.0193. The van der Waals surface area contributed by atoms with Gasteiger partial charge >= 0.3 is 0 Å². The molecule has 2 N–H and O–H groups in total. The van der Waals surface area contributed by atoms with Crippen LogP contribution in [0.15, 0.2) is 42.6 Å². The Balaban J connectivity index is 2.06. The molecule has 23 heavy (non-hydrogen) atoms. The van der Waals surface area contributed by atoms with Crippen LogP contribution in [0.25, 0.3) is 10.9 Å². The van der Waals surface area contributed by atoms with Crippen LogP contribution in [0.3, 0.4) is 0 Å². The molecule has 1 heterocycles. The minimum atomic E-state index is -0.479. The summed E-state index contributed by atoms with van der Waals surface area (Å²) in [5, 5.41) is 13.3. The summed E-state index contributed by atoms with van der Waals surface area (Å²) in [6.07, 6.45) is 1.53. The van der Waals surface area contributed by atoms with Crippen LogP contribution in [0.4, 0.5) is 10.1 Å². The van der Waals surface area contributed by atoms with E-state index in [-0.39, 0.29) is 11.5 Å². The molecule has 118 valence electrons. The number of nitrogens with one attached hydrogen (secondary N) is 1. The number of fused-ring (bicyclic) bond motifs is 1. The summed E-state index contributed by atoms with van der Waals surface area (Å²) in [4.78, 5) is 4.17. The van der Waals surface area contributed by atoms with Gasteiger partial charge in [0.15, 0.2) is 23.1 Å². The Morgan fingerprint density at radius 1 is 1.09 bits per heavy atom. The van der Waals surface area contributed by atoms with Crippen LogP contribution in [-0.2, 0) is 0 Å². The van der Waals surface area contributed by atoms with Gasteiger partial charge in [0.05, 0.1) is 12.6 Å². The predicted octanol–water partition coefficient (Wildman–Crippen LogP) is 3.92. The minimum Gasteiger partial charge on any atom is -0.504 e. The molecule has 0 spiro atoms. The number of benzene rings is 2. The molecule has 0 amide bonds. The standard InChI is InChI=1S/C17H15FN2O3/c1-19-10-3-4-16(12(18)7-10)23-15-5-6-20-13-9-14(21)17(22-2)8-11(13)15/h3-9,19,21H,1-2H3. The third-order valence-corrected chi connectivity index (χ3v) is 3.44. The molecule has 0 saturated heterocycles. The van der Waals surface area contributed by atoms with Crippen LogP contribution in [-0.4, -0.2) is 24.2 Å². The lowest BCUT2D eigenvalue weighted by Crippen LogP contribution is -1.94. The highest BCUT2D eigenvalue weighted by Gasteiger charge is 2.12. The fourth-order valence-corrected chi connectivity index (χ4v) is 2.25. The number of aromatic nitrogens is 1. The van der Waals surface area contributed by atoms with Crippen molar-refractivity contribution in [2.45, 2.75) is 0 Å². The molecule has 0 fully saturated rings. The number of methoxy groups -OCH3 is 1. The molecule has 3 aromatic rings. The molecule has 2 aromatic carbocycles. The fourth-order valence-electron chi connectivity index (χ4n) is 2.25. The number of hydrogen-bond donors (Lipinski definition) is 2. The first-order valence-electron chi connectivity index (χ1n) is 6.93. The summed E-state index contributed by atoms with van der Waals surface area (Å²) in [6.45, 7) is 0. The molecule has 0 unspecified atom stereocenters. The summed E-state index contributed by atoms with van der Waals surface area (Å²) < 4.78 is 24.9. The van der Waals surface area contributed by atoms with Crippen molar-refractivity contribution in [3.63, 3.8) is 0 Å². The number of ether oxygens (including phenoxy) is 2. The number of phenols is 1. The normalized spacial score (nSPS) is 10.6. The van der Waals surface area contributed by atoms with Crippen LogP contribution >= 0.6 is 0 Å². The van der Waals surface area contributed by atoms with Crippen LogP contribution in [0.1, 0.15) is 0 Å². The van der Waals surface area contributed by atoms with Crippen LogP contribution in [0.5, 0.6) is 23.0 Å². The van der Waals surface area contributed by atoms with Crippen molar-refractivity contribution < 1.29 is 19.0 Å². The number of pyridine rings is 1. The van der Waals surface area contributed by atoms with Gasteiger partial charge in [-0.15, -0.1) is 0 Å². The lowest BCUT2D eigenvalue weighted by atomic mass is 10.2. The van der Waals surface area contributed by atoms with Gasteiger partial charge in [0.1, 0.15) is 5.75 Å². The molecule has 3 rings (SSSR count). The molecule has 5 nitrogen and oxygen atoms in total. The Labute approximate surface area is 132 Å². The molecular weight excluding hydrogens is 299 g/mol. The third kappa shape index (κ3) is 2.83. The van der Waals surface area contributed by atoms with E-state index in [9.17, 15) is 9.50 Å². The van der Waals surface area contributed by atoms with Gasteiger partial charge in [-0.25, -0.2) is 4.39 Å². The Bertz CT molecular complexity index is 868. The molecule has 0 atom stereocenters. The Morgan fingerprint density at radius 2 is 1.91 bits per heavy atom. The van der Waals surface area contributed by atoms with E-state index in [1.807, 2.05) is 0 Å². The summed E-state index contributed by atoms with van der Waals surface area (Å²) in [6, 6.07) is 9.32. The second-order valence-corrected chi connectivity index (χ2v) is 4.85. The van der Waals surface area contributed by atoms with Crippen molar-refractivity contribution in [1.82, 2.24) is 4.98 Å². The number of phenolic OH excluding ortho intramolecular Hbond substituents is 1. The average molecular weight is 314 g/mol. The number of halogens is 1. The van der Waals surface area contributed by atoms with E-state index in [4.69, 9.17) is 9.47 Å². The van der Waals surface area contributed by atoms with E-state index in [1.54, 1.807) is 31.3 Å². The number of anilines is 1. The molecule has 0 aliphatic rings. The van der Waals surface area contributed by atoms with Crippen molar-refractivity contribution in [1.29, 1.82) is 0 Å². The van der Waals surface area contributed by atoms with Gasteiger partial charge in [-0.3, -0.25) is 4.98 Å². The topological polar surface area (TPSA) is 63.6 Å². The predicted molar refractivity (Wildman–Crippen MR) is 86.0 cm³/mol. The van der Waals surface area contributed by atoms with Gasteiger partial charge in [0, 0.05) is 36.5 Å². The molecule has 0 saturated carbocycles. The van der Waals surface area contributed by atoms with Crippen LogP contribution in [0.2, 0.25) is 0 Å². The first-order chi connectivity index (χ1) is 11.1. The molecule has 0 radical (unpaired) electrons. The molecule has 6 heteroatoms. The van der Waals surface area contributed by atoms with Crippen LogP contribution < -0.4 is 14.8 Å². The highest BCUT2D eigenvalue weighted by Crippen LogP contribution is 2.36. The van der Waals surface area contributed by atoms with E-state index in [0.29, 0.717) is 28.1 Å². The zero-order chi connectivity index (χ0) is 16.4. The zero-order valence-corrected chi connectivity index (χ0v) is 12.6. The maximum Gasteiger partial charge on any atom is 0.167 e. The summed E-state index contributed by atoms with van der Waals surface area (Å²) in [5.74, 6) is 0.316. The Morgan fingerprint density at radius 3 is 2.61 bits per heavy atom. The van der Waals surface area contributed by atoms with Gasteiger partial charge in [-0.05, 0) is 24.3 Å². The second kappa shape index (κ2) is 6.00. The smallest absolute Gasteiger partial charge is 0.167 e. The van der Waals surface area contributed by atoms with Gasteiger partial charge in [-0.2, -0.15) is 0 Å². The van der Waals surface area contributed by atoms with E-state index < -0.39 is 5.82 Å². The van der Waals surface area contributed by atoms with Crippen molar-refractivity contribution in [3.8, 4) is 23.0 Å². The number of rotatable bonds is 4. The molecular formula is C17H15FN2O3. The SMILES string of the molecule is CNc1ccc(Oc2ccnc3cc(O)c(OC)cc23)c(F)c1. The Kier molecular flexibility index (Phi) is 3.89. The summed E-state index contributed by atoms with van der Waals surface area (Å²) in [5.41, 5.74) is 1.18. The maximum atomic E-state index is 14.1. The average Bonchev–Trinajstić information content (AvgIpc) is 2.56.